The number of amides is 2. The molecule has 0 unspecified atom stereocenters. The third-order valence-electron chi connectivity index (χ3n) is 3.99. The molecule has 0 saturated carbocycles. The number of hydrogen-bond donors (Lipinski definition) is 1. The zero-order valence-corrected chi connectivity index (χ0v) is 16.8. The van der Waals surface area contributed by atoms with Gasteiger partial charge in [0.25, 0.3) is 5.91 Å². The Balaban J connectivity index is 2.52. The van der Waals surface area contributed by atoms with Crippen LogP contribution in [-0.4, -0.2) is 34.8 Å². The first-order valence-electron chi connectivity index (χ1n) is 9.62. The van der Waals surface area contributed by atoms with Gasteiger partial charge in [-0.15, -0.1) is 11.3 Å². The Morgan fingerprint density at radius 1 is 1.08 bits per heavy atom. The van der Waals surface area contributed by atoms with Crippen LogP contribution in [0.25, 0.3) is 0 Å². The first-order valence-corrected chi connectivity index (χ1v) is 10.5. The van der Waals surface area contributed by atoms with Gasteiger partial charge in [0.1, 0.15) is 10.7 Å². The summed E-state index contributed by atoms with van der Waals surface area (Å²) >= 11 is 1.45. The average molecular weight is 368 g/mol. The SMILES string of the molecule is CCCCCCCC(=O)N(CCC)Cc1nc(C(=O)NCCC)cs1. The summed E-state index contributed by atoms with van der Waals surface area (Å²) in [6, 6.07) is 0. The van der Waals surface area contributed by atoms with Gasteiger partial charge in [0, 0.05) is 24.9 Å². The van der Waals surface area contributed by atoms with Crippen molar-refractivity contribution in [3.05, 3.63) is 16.1 Å². The lowest BCUT2D eigenvalue weighted by Gasteiger charge is -2.21. The zero-order valence-electron chi connectivity index (χ0n) is 16.0. The van der Waals surface area contributed by atoms with Crippen LogP contribution in [-0.2, 0) is 11.3 Å². The highest BCUT2D eigenvalue weighted by atomic mass is 32.1. The number of rotatable bonds is 13. The van der Waals surface area contributed by atoms with Gasteiger partial charge in [-0.05, 0) is 19.3 Å². The average Bonchev–Trinajstić information content (AvgIpc) is 3.07. The van der Waals surface area contributed by atoms with Crippen LogP contribution in [0.3, 0.4) is 0 Å². The maximum Gasteiger partial charge on any atom is 0.270 e. The van der Waals surface area contributed by atoms with E-state index in [0.717, 1.165) is 37.2 Å². The lowest BCUT2D eigenvalue weighted by molar-refractivity contribution is -0.132. The molecule has 0 saturated heterocycles. The fourth-order valence-electron chi connectivity index (χ4n) is 2.58. The van der Waals surface area contributed by atoms with Crippen LogP contribution >= 0.6 is 11.3 Å². The summed E-state index contributed by atoms with van der Waals surface area (Å²) in [6.45, 7) is 8.19. The standard InChI is InChI=1S/C19H33N3O2S/c1-4-7-8-9-10-11-18(23)22(13-6-3)14-17-21-16(15-25-17)19(24)20-12-5-2/h15H,4-14H2,1-3H3,(H,20,24). The molecule has 0 spiro atoms. The molecule has 0 aliphatic rings. The molecular weight excluding hydrogens is 334 g/mol. The Labute approximate surface area is 156 Å². The van der Waals surface area contributed by atoms with E-state index in [4.69, 9.17) is 0 Å². The van der Waals surface area contributed by atoms with Crippen LogP contribution in [0.2, 0.25) is 0 Å². The van der Waals surface area contributed by atoms with Crippen LogP contribution in [0.5, 0.6) is 0 Å². The number of carbonyl (C=O) groups excluding carboxylic acids is 2. The molecule has 0 fully saturated rings. The molecule has 0 radical (unpaired) electrons. The van der Waals surface area contributed by atoms with E-state index in [-0.39, 0.29) is 11.8 Å². The van der Waals surface area contributed by atoms with E-state index < -0.39 is 0 Å². The number of nitrogens with zero attached hydrogens (tertiary/aromatic N) is 2. The van der Waals surface area contributed by atoms with Crippen LogP contribution in [0, 0.1) is 0 Å². The Morgan fingerprint density at radius 2 is 1.84 bits per heavy atom. The topological polar surface area (TPSA) is 62.3 Å². The third-order valence-corrected chi connectivity index (χ3v) is 4.82. The van der Waals surface area contributed by atoms with E-state index in [1.54, 1.807) is 5.38 Å². The van der Waals surface area contributed by atoms with Gasteiger partial charge in [0.15, 0.2) is 0 Å². The highest BCUT2D eigenvalue weighted by Gasteiger charge is 2.16. The summed E-state index contributed by atoms with van der Waals surface area (Å²) in [5, 5.41) is 5.44. The van der Waals surface area contributed by atoms with Crippen molar-refractivity contribution in [3.8, 4) is 0 Å². The lowest BCUT2D eigenvalue weighted by atomic mass is 10.1. The second-order valence-electron chi connectivity index (χ2n) is 6.36. The summed E-state index contributed by atoms with van der Waals surface area (Å²) in [5.74, 6) is 0.0687. The number of carbonyl (C=O) groups is 2. The summed E-state index contributed by atoms with van der Waals surface area (Å²) in [4.78, 5) is 30.7. The second-order valence-corrected chi connectivity index (χ2v) is 7.30. The molecule has 1 N–H and O–H groups in total. The molecule has 0 aliphatic heterocycles. The molecule has 25 heavy (non-hydrogen) atoms. The van der Waals surface area contributed by atoms with Crippen LogP contribution in [0.4, 0.5) is 0 Å². The number of hydrogen-bond acceptors (Lipinski definition) is 4. The predicted octanol–water partition coefficient (Wildman–Crippen LogP) is 4.38. The predicted molar refractivity (Wildman–Crippen MR) is 104 cm³/mol. The number of aromatic nitrogens is 1. The Kier molecular flexibility index (Phi) is 11.1. The van der Waals surface area contributed by atoms with Crippen molar-refractivity contribution in [2.45, 2.75) is 78.7 Å². The van der Waals surface area contributed by atoms with Gasteiger partial charge >= 0.3 is 0 Å². The minimum Gasteiger partial charge on any atom is -0.351 e. The van der Waals surface area contributed by atoms with E-state index in [9.17, 15) is 9.59 Å². The number of thiazole rings is 1. The second kappa shape index (κ2) is 12.9. The van der Waals surface area contributed by atoms with Gasteiger partial charge < -0.3 is 10.2 Å². The van der Waals surface area contributed by atoms with Crippen molar-refractivity contribution in [3.63, 3.8) is 0 Å². The summed E-state index contributed by atoms with van der Waals surface area (Å²) in [7, 11) is 0. The molecule has 0 atom stereocenters. The van der Waals surface area contributed by atoms with Crippen LogP contribution < -0.4 is 5.32 Å². The zero-order chi connectivity index (χ0) is 18.5. The Bertz CT molecular complexity index is 517. The quantitative estimate of drug-likeness (QED) is 0.526. The molecule has 0 bridgehead atoms. The van der Waals surface area contributed by atoms with Gasteiger partial charge in [0.05, 0.1) is 6.54 Å². The Hall–Kier alpha value is -1.43. The summed E-state index contributed by atoms with van der Waals surface area (Å²) < 4.78 is 0. The first kappa shape index (κ1) is 21.6. The fraction of sp³-hybridized carbons (Fsp3) is 0.737. The lowest BCUT2D eigenvalue weighted by Crippen LogP contribution is -2.31. The molecule has 6 heteroatoms. The first-order chi connectivity index (χ1) is 12.1. The van der Waals surface area contributed by atoms with E-state index in [2.05, 4.69) is 24.1 Å². The molecule has 5 nitrogen and oxygen atoms in total. The molecule has 142 valence electrons. The van der Waals surface area contributed by atoms with Crippen molar-refractivity contribution in [2.24, 2.45) is 0 Å². The van der Waals surface area contributed by atoms with Crippen molar-refractivity contribution < 1.29 is 9.59 Å². The molecule has 0 aliphatic carbocycles. The van der Waals surface area contributed by atoms with Crippen molar-refractivity contribution >= 4 is 23.2 Å². The van der Waals surface area contributed by atoms with E-state index in [1.807, 2.05) is 11.8 Å². The molecule has 1 heterocycles. The van der Waals surface area contributed by atoms with Gasteiger partial charge in [-0.25, -0.2) is 4.98 Å². The van der Waals surface area contributed by atoms with Crippen LogP contribution in [0.1, 0.15) is 87.6 Å². The molecule has 1 aromatic rings. The van der Waals surface area contributed by atoms with Crippen molar-refractivity contribution in [1.82, 2.24) is 15.2 Å². The number of unbranched alkanes of at least 4 members (excludes halogenated alkanes) is 4. The van der Waals surface area contributed by atoms with E-state index >= 15 is 0 Å². The number of nitrogens with one attached hydrogen (secondary N) is 1. The summed E-state index contributed by atoms with van der Waals surface area (Å²) in [6.07, 6.45) is 8.19. The molecular formula is C19H33N3O2S. The molecule has 2 amide bonds. The molecule has 0 aromatic carbocycles. The van der Waals surface area contributed by atoms with Gasteiger partial charge in [-0.3, -0.25) is 9.59 Å². The van der Waals surface area contributed by atoms with Gasteiger partial charge in [-0.2, -0.15) is 0 Å². The van der Waals surface area contributed by atoms with Gasteiger partial charge in [-0.1, -0.05) is 46.5 Å². The van der Waals surface area contributed by atoms with Gasteiger partial charge in [0.2, 0.25) is 5.91 Å². The van der Waals surface area contributed by atoms with Crippen molar-refractivity contribution in [2.75, 3.05) is 13.1 Å². The fourth-order valence-corrected chi connectivity index (χ4v) is 3.37. The smallest absolute Gasteiger partial charge is 0.270 e. The van der Waals surface area contributed by atoms with E-state index in [0.29, 0.717) is 25.2 Å². The summed E-state index contributed by atoms with van der Waals surface area (Å²) in [5.41, 5.74) is 0.455. The Morgan fingerprint density at radius 3 is 2.52 bits per heavy atom. The maximum atomic E-state index is 12.5. The maximum absolute atomic E-state index is 12.5. The normalized spacial score (nSPS) is 10.7. The highest BCUT2D eigenvalue weighted by Crippen LogP contribution is 2.15. The largest absolute Gasteiger partial charge is 0.351 e. The highest BCUT2D eigenvalue weighted by molar-refractivity contribution is 7.09. The molecule has 1 rings (SSSR count). The minimum absolute atomic E-state index is 0.131. The minimum atomic E-state index is -0.131. The van der Waals surface area contributed by atoms with Crippen molar-refractivity contribution in [1.29, 1.82) is 0 Å². The molecule has 1 aromatic heterocycles. The van der Waals surface area contributed by atoms with Crippen LogP contribution in [0.15, 0.2) is 5.38 Å². The monoisotopic (exact) mass is 367 g/mol. The third kappa shape index (κ3) is 8.47. The van der Waals surface area contributed by atoms with E-state index in [1.165, 1.54) is 30.6 Å².